The summed E-state index contributed by atoms with van der Waals surface area (Å²) >= 11 is 0. The van der Waals surface area contributed by atoms with E-state index in [1.807, 2.05) is 37.3 Å². The number of hydrogen-bond acceptors (Lipinski definition) is 4. The summed E-state index contributed by atoms with van der Waals surface area (Å²) in [5.41, 5.74) is 3.12. The highest BCUT2D eigenvalue weighted by molar-refractivity contribution is 5.89. The Morgan fingerprint density at radius 1 is 1.32 bits per heavy atom. The molecule has 0 aliphatic carbocycles. The van der Waals surface area contributed by atoms with Crippen molar-refractivity contribution in [2.45, 2.75) is 32.9 Å². The first kappa shape index (κ1) is 15.9. The van der Waals surface area contributed by atoms with E-state index in [0.717, 1.165) is 29.0 Å². The van der Waals surface area contributed by atoms with Crippen LogP contribution >= 0.6 is 0 Å². The molecular weight excluding hydrogens is 318 g/mol. The Balaban J connectivity index is 1.41. The van der Waals surface area contributed by atoms with Crippen LogP contribution in [-0.2, 0) is 29.1 Å². The molecule has 130 valence electrons. The number of nitrogens with zero attached hydrogens (tertiary/aromatic N) is 3. The van der Waals surface area contributed by atoms with Gasteiger partial charge in [-0.15, -0.1) is 0 Å². The van der Waals surface area contributed by atoms with Crippen molar-refractivity contribution < 1.29 is 14.1 Å². The van der Waals surface area contributed by atoms with E-state index in [2.05, 4.69) is 5.16 Å². The van der Waals surface area contributed by atoms with Crippen LogP contribution in [0.2, 0.25) is 0 Å². The van der Waals surface area contributed by atoms with E-state index in [1.165, 1.54) is 0 Å². The number of carbonyl (C=O) groups excluding carboxylic acids is 2. The molecular formula is C19H21N3O3. The monoisotopic (exact) mass is 339 g/mol. The fourth-order valence-electron chi connectivity index (χ4n) is 3.72. The number of likely N-dealkylation sites (tertiary alicyclic amines) is 1. The van der Waals surface area contributed by atoms with Crippen LogP contribution in [0.3, 0.4) is 0 Å². The standard InChI is InChI=1S/C19H21N3O3/c1-13-16-7-8-21(12-17(16)25-20-13)19(24)15-9-18(23)22(11-15)10-14-5-3-2-4-6-14/h2-6,15H,7-12H2,1H3. The zero-order valence-electron chi connectivity index (χ0n) is 14.3. The molecule has 1 saturated heterocycles. The van der Waals surface area contributed by atoms with Crippen LogP contribution in [0.15, 0.2) is 34.9 Å². The lowest BCUT2D eigenvalue weighted by Crippen LogP contribution is -2.40. The first-order chi connectivity index (χ1) is 12.1. The van der Waals surface area contributed by atoms with Crippen molar-refractivity contribution in [3.05, 3.63) is 52.9 Å². The minimum Gasteiger partial charge on any atom is -0.359 e. The number of rotatable bonds is 3. The quantitative estimate of drug-likeness (QED) is 0.857. The maximum absolute atomic E-state index is 12.8. The van der Waals surface area contributed by atoms with Crippen molar-refractivity contribution >= 4 is 11.8 Å². The van der Waals surface area contributed by atoms with Crippen LogP contribution in [0, 0.1) is 12.8 Å². The van der Waals surface area contributed by atoms with Gasteiger partial charge in [-0.05, 0) is 18.9 Å². The molecule has 0 N–H and O–H groups in total. The molecule has 1 aromatic heterocycles. The third kappa shape index (κ3) is 3.04. The maximum Gasteiger partial charge on any atom is 0.228 e. The summed E-state index contributed by atoms with van der Waals surface area (Å²) in [5.74, 6) is 0.614. The Bertz CT molecular complexity index is 800. The summed E-state index contributed by atoms with van der Waals surface area (Å²) in [6.45, 7) is 4.10. The fraction of sp³-hybridized carbons (Fsp3) is 0.421. The van der Waals surface area contributed by atoms with Crippen molar-refractivity contribution in [1.29, 1.82) is 0 Å². The molecule has 0 bridgehead atoms. The first-order valence-corrected chi connectivity index (χ1v) is 8.66. The molecule has 0 spiro atoms. The van der Waals surface area contributed by atoms with E-state index in [4.69, 9.17) is 4.52 Å². The molecule has 2 amide bonds. The average Bonchev–Trinajstić information content (AvgIpc) is 3.18. The molecule has 2 aliphatic rings. The van der Waals surface area contributed by atoms with E-state index < -0.39 is 0 Å². The molecule has 1 fully saturated rings. The molecule has 1 unspecified atom stereocenters. The number of hydrogen-bond donors (Lipinski definition) is 0. The van der Waals surface area contributed by atoms with E-state index in [0.29, 0.717) is 32.6 Å². The summed E-state index contributed by atoms with van der Waals surface area (Å²) in [6.07, 6.45) is 1.06. The van der Waals surface area contributed by atoms with Gasteiger partial charge in [-0.2, -0.15) is 0 Å². The van der Waals surface area contributed by atoms with Gasteiger partial charge in [0.25, 0.3) is 0 Å². The third-order valence-corrected chi connectivity index (χ3v) is 5.12. The van der Waals surface area contributed by atoms with Gasteiger partial charge >= 0.3 is 0 Å². The molecule has 2 aromatic rings. The Kier molecular flexibility index (Phi) is 4.03. The van der Waals surface area contributed by atoms with Crippen molar-refractivity contribution in [3.63, 3.8) is 0 Å². The van der Waals surface area contributed by atoms with Crippen molar-refractivity contribution in [2.24, 2.45) is 5.92 Å². The fourth-order valence-corrected chi connectivity index (χ4v) is 3.72. The largest absolute Gasteiger partial charge is 0.359 e. The van der Waals surface area contributed by atoms with E-state index in [-0.39, 0.29) is 17.7 Å². The third-order valence-electron chi connectivity index (χ3n) is 5.12. The maximum atomic E-state index is 12.8. The van der Waals surface area contributed by atoms with Gasteiger partial charge in [0, 0.05) is 31.6 Å². The molecule has 1 aromatic carbocycles. The Hall–Kier alpha value is -2.63. The molecule has 6 nitrogen and oxygen atoms in total. The topological polar surface area (TPSA) is 66.7 Å². The zero-order chi connectivity index (χ0) is 17.4. The highest BCUT2D eigenvalue weighted by atomic mass is 16.5. The molecule has 3 heterocycles. The van der Waals surface area contributed by atoms with E-state index in [9.17, 15) is 9.59 Å². The minimum absolute atomic E-state index is 0.0450. The van der Waals surface area contributed by atoms with Crippen molar-refractivity contribution in [2.75, 3.05) is 13.1 Å². The number of fused-ring (bicyclic) bond motifs is 1. The number of aromatic nitrogens is 1. The van der Waals surface area contributed by atoms with Gasteiger partial charge in [0.2, 0.25) is 11.8 Å². The average molecular weight is 339 g/mol. The number of benzene rings is 1. The molecule has 25 heavy (non-hydrogen) atoms. The van der Waals surface area contributed by atoms with Crippen molar-refractivity contribution in [3.8, 4) is 0 Å². The lowest BCUT2D eigenvalue weighted by atomic mass is 10.0. The second-order valence-electron chi connectivity index (χ2n) is 6.84. The predicted molar refractivity (Wildman–Crippen MR) is 90.3 cm³/mol. The van der Waals surface area contributed by atoms with Crippen LogP contribution in [-0.4, -0.2) is 39.9 Å². The summed E-state index contributed by atoms with van der Waals surface area (Å²) in [4.78, 5) is 28.7. The summed E-state index contributed by atoms with van der Waals surface area (Å²) < 4.78 is 5.33. The number of carbonyl (C=O) groups is 2. The lowest BCUT2D eigenvalue weighted by Gasteiger charge is -2.28. The van der Waals surface area contributed by atoms with Gasteiger partial charge in [-0.1, -0.05) is 35.5 Å². The van der Waals surface area contributed by atoms with Crippen LogP contribution in [0.5, 0.6) is 0 Å². The summed E-state index contributed by atoms with van der Waals surface area (Å²) in [5, 5.41) is 3.99. The summed E-state index contributed by atoms with van der Waals surface area (Å²) in [7, 11) is 0. The normalized spacial score (nSPS) is 20.0. The molecule has 2 aliphatic heterocycles. The number of amides is 2. The smallest absolute Gasteiger partial charge is 0.228 e. The van der Waals surface area contributed by atoms with E-state index in [1.54, 1.807) is 9.80 Å². The van der Waals surface area contributed by atoms with Crippen LogP contribution in [0.25, 0.3) is 0 Å². The minimum atomic E-state index is -0.262. The number of aryl methyl sites for hydroxylation is 1. The highest BCUT2D eigenvalue weighted by Crippen LogP contribution is 2.26. The summed E-state index contributed by atoms with van der Waals surface area (Å²) in [6, 6.07) is 9.88. The second-order valence-corrected chi connectivity index (χ2v) is 6.84. The Morgan fingerprint density at radius 3 is 2.92 bits per heavy atom. The molecule has 0 saturated carbocycles. The SMILES string of the molecule is Cc1noc2c1CCN(C(=O)C1CC(=O)N(Cc3ccccc3)C1)C2. The van der Waals surface area contributed by atoms with Crippen LogP contribution in [0.1, 0.15) is 29.0 Å². The van der Waals surface area contributed by atoms with Gasteiger partial charge in [0.15, 0.2) is 5.76 Å². The van der Waals surface area contributed by atoms with Gasteiger partial charge in [0.1, 0.15) is 0 Å². The zero-order valence-corrected chi connectivity index (χ0v) is 14.3. The van der Waals surface area contributed by atoms with Gasteiger partial charge in [0.05, 0.1) is 18.2 Å². The molecule has 1 atom stereocenters. The molecule has 6 heteroatoms. The second kappa shape index (κ2) is 6.35. The van der Waals surface area contributed by atoms with Crippen molar-refractivity contribution in [1.82, 2.24) is 15.0 Å². The lowest BCUT2D eigenvalue weighted by molar-refractivity contribution is -0.137. The predicted octanol–water partition coefficient (Wildman–Crippen LogP) is 1.92. The molecule has 0 radical (unpaired) electrons. The van der Waals surface area contributed by atoms with E-state index >= 15 is 0 Å². The highest BCUT2D eigenvalue weighted by Gasteiger charge is 2.38. The van der Waals surface area contributed by atoms with Gasteiger partial charge < -0.3 is 14.3 Å². The molecule has 4 rings (SSSR count). The Morgan fingerprint density at radius 2 is 2.12 bits per heavy atom. The van der Waals surface area contributed by atoms with Gasteiger partial charge in [-0.25, -0.2) is 0 Å². The van der Waals surface area contributed by atoms with Gasteiger partial charge in [-0.3, -0.25) is 9.59 Å². The first-order valence-electron chi connectivity index (χ1n) is 8.66. The van der Waals surface area contributed by atoms with Crippen LogP contribution in [0.4, 0.5) is 0 Å². The Labute approximate surface area is 146 Å². The van der Waals surface area contributed by atoms with Crippen LogP contribution < -0.4 is 0 Å².